The minimum Gasteiger partial charge on any atom is -0.303 e. The smallest absolute Gasteiger partial charge is 0.303 e. The molecule has 0 rings (SSSR count). The monoisotopic (exact) mass is 206 g/mol. The van der Waals surface area contributed by atoms with E-state index in [2.05, 4.69) is 6.92 Å². The Morgan fingerprint density at radius 2 is 1.58 bits per heavy atom. The van der Waals surface area contributed by atoms with Gasteiger partial charge in [0.15, 0.2) is 0 Å². The molecule has 4 nitrogen and oxygen atoms in total. The van der Waals surface area contributed by atoms with E-state index in [0.717, 1.165) is 0 Å². The molecular weight excluding hydrogens is 190 g/mol. The van der Waals surface area contributed by atoms with Crippen molar-refractivity contribution in [2.45, 2.75) is 36.3 Å². The summed E-state index contributed by atoms with van der Waals surface area (Å²) in [6, 6.07) is 0. The van der Waals surface area contributed by atoms with Crippen LogP contribution in [0.15, 0.2) is 0 Å². The molecule has 0 fully saturated rings. The van der Waals surface area contributed by atoms with Crippen molar-refractivity contribution in [3.8, 4) is 0 Å². The summed E-state index contributed by atoms with van der Waals surface area (Å²) >= 11 is 1.41. The van der Waals surface area contributed by atoms with E-state index in [1.807, 2.05) is 0 Å². The van der Waals surface area contributed by atoms with E-state index in [1.165, 1.54) is 57.3 Å². The molecule has 0 atom stereocenters. The van der Waals surface area contributed by atoms with Crippen LogP contribution in [0.25, 0.3) is 0 Å². The van der Waals surface area contributed by atoms with Crippen LogP contribution >= 0.6 is 7.82 Å². The molecule has 6 heteroatoms. The van der Waals surface area contributed by atoms with Gasteiger partial charge in [-0.05, 0) is 0 Å². The minimum atomic E-state index is -4.64. The van der Waals surface area contributed by atoms with Crippen LogP contribution in [0.3, 0.4) is 0 Å². The van der Waals surface area contributed by atoms with Crippen molar-refractivity contribution < 1.29 is 19.2 Å². The van der Waals surface area contributed by atoms with Gasteiger partial charge < -0.3 is 14.7 Å². The van der Waals surface area contributed by atoms with Crippen molar-refractivity contribution in [2.75, 3.05) is 0 Å². The van der Waals surface area contributed by atoms with Crippen molar-refractivity contribution in [1.82, 2.24) is 0 Å². The zero-order chi connectivity index (χ0) is 10.0. The molecule has 0 bridgehead atoms. The van der Waals surface area contributed by atoms with Crippen molar-refractivity contribution in [3.63, 3.8) is 0 Å². The molecular formula is C6H16NaO4P. The Hall–Kier alpha value is 1.11. The maximum atomic E-state index is 8.88. The van der Waals surface area contributed by atoms with Gasteiger partial charge in [-0.3, -0.25) is 0 Å². The predicted molar refractivity (Wildman–Crippen MR) is 49.0 cm³/mol. The molecule has 12 heavy (non-hydrogen) atoms. The first-order valence-electron chi connectivity index (χ1n) is 4.20. The van der Waals surface area contributed by atoms with E-state index >= 15 is 0 Å². The molecule has 0 radical (unpaired) electrons. The fraction of sp³-hybridized carbons (Fsp3) is 1.00. The molecule has 0 aromatic heterocycles. The molecule has 0 aliphatic rings. The molecule has 70 valence electrons. The van der Waals surface area contributed by atoms with Crippen LogP contribution in [0.1, 0.15) is 32.6 Å². The number of unbranched alkanes of at least 4 members (excludes halogenated alkanes) is 3. The molecule has 0 aliphatic heterocycles. The van der Waals surface area contributed by atoms with Crippen LogP contribution in [0.5, 0.6) is 0 Å². The number of phosphoric acid groups is 1. The van der Waals surface area contributed by atoms with Crippen LogP contribution < -0.4 is 0 Å². The third-order valence-electron chi connectivity index (χ3n) is 1.21. The number of hydrogen-bond donors (Lipinski definition) is 3. The Labute approximate surface area is 91.0 Å². The average molecular weight is 206 g/mol. The van der Waals surface area contributed by atoms with Gasteiger partial charge in [-0.1, -0.05) is 0 Å². The topological polar surface area (TPSA) is 77.8 Å². The zero-order valence-electron chi connectivity index (χ0n) is 7.73. The van der Waals surface area contributed by atoms with Crippen LogP contribution in [-0.4, -0.2) is 42.6 Å². The summed E-state index contributed by atoms with van der Waals surface area (Å²) < 4.78 is 10.4. The second-order valence-corrected chi connectivity index (χ2v) is 4.60. The maximum absolute atomic E-state index is 8.88. The second-order valence-electron chi connectivity index (χ2n) is 2.57. The van der Waals surface area contributed by atoms with Gasteiger partial charge in [0, 0.05) is 0 Å². The Morgan fingerprint density at radius 1 is 1.17 bits per heavy atom. The van der Waals surface area contributed by atoms with E-state index < -0.39 is 7.82 Å². The number of hydrogen-bond acceptors (Lipinski definition) is 1. The molecule has 0 unspecified atom stereocenters. The normalized spacial score (nSPS) is 10.5. The van der Waals surface area contributed by atoms with Crippen molar-refractivity contribution in [2.24, 2.45) is 0 Å². The largest absolute Gasteiger partial charge is 0.466 e. The Bertz CT molecular complexity index is 112. The summed E-state index contributed by atoms with van der Waals surface area (Å²) in [5.41, 5.74) is 0. The van der Waals surface area contributed by atoms with E-state index in [-0.39, 0.29) is 0 Å². The van der Waals surface area contributed by atoms with Gasteiger partial charge >= 0.3 is 72.0 Å². The van der Waals surface area contributed by atoms with E-state index in [0.29, 0.717) is 0 Å². The molecule has 3 N–H and O–H groups in total. The standard InChI is InChI=1S/C6H13.Na.H3O4P/c1-3-5-6-4-2;;1-5(2,3)4/h1,3-6H2,2H3;;(H3,1,2,3,4). The van der Waals surface area contributed by atoms with E-state index in [9.17, 15) is 0 Å². The molecule has 0 aromatic carbocycles. The van der Waals surface area contributed by atoms with Gasteiger partial charge in [0.05, 0.1) is 0 Å². The second kappa shape index (κ2) is 10.2. The van der Waals surface area contributed by atoms with Gasteiger partial charge in [-0.15, -0.1) is 0 Å². The Kier molecular flexibility index (Phi) is 13.2. The van der Waals surface area contributed by atoms with Crippen LogP contribution in [-0.2, 0) is 4.57 Å². The van der Waals surface area contributed by atoms with E-state index in [4.69, 9.17) is 19.2 Å². The van der Waals surface area contributed by atoms with Gasteiger partial charge in [0.25, 0.3) is 0 Å². The first kappa shape index (κ1) is 15.6. The summed E-state index contributed by atoms with van der Waals surface area (Å²) in [5.74, 6) is 0. The van der Waals surface area contributed by atoms with Crippen molar-refractivity contribution >= 4 is 35.8 Å². The van der Waals surface area contributed by atoms with E-state index in [1.54, 1.807) is 0 Å². The third-order valence-corrected chi connectivity index (χ3v) is 1.91. The van der Waals surface area contributed by atoms with Gasteiger partial charge in [0.1, 0.15) is 0 Å². The van der Waals surface area contributed by atoms with Gasteiger partial charge in [0.2, 0.25) is 0 Å². The maximum Gasteiger partial charge on any atom is 0.466 e. The predicted octanol–water partition coefficient (Wildman–Crippen LogP) is 1.22. The van der Waals surface area contributed by atoms with Crippen molar-refractivity contribution in [3.05, 3.63) is 0 Å². The fourth-order valence-corrected chi connectivity index (χ4v) is 1.18. The minimum absolute atomic E-state index is 1.38. The molecule has 0 saturated carbocycles. The Balaban J connectivity index is 0. The first-order chi connectivity index (χ1) is 5.41. The van der Waals surface area contributed by atoms with Crippen LogP contribution in [0.2, 0.25) is 3.67 Å². The van der Waals surface area contributed by atoms with Gasteiger partial charge in [-0.25, -0.2) is 4.57 Å². The summed E-state index contributed by atoms with van der Waals surface area (Å²) in [6.45, 7) is 2.26. The summed E-state index contributed by atoms with van der Waals surface area (Å²) in [7, 11) is -4.64. The summed E-state index contributed by atoms with van der Waals surface area (Å²) in [6.07, 6.45) is 5.78. The first-order valence-corrected chi connectivity index (χ1v) is 7.18. The molecule has 0 amide bonds. The molecule has 0 heterocycles. The summed E-state index contributed by atoms with van der Waals surface area (Å²) in [4.78, 5) is 21.6. The third kappa shape index (κ3) is 43.5. The number of rotatable bonds is 4. The summed E-state index contributed by atoms with van der Waals surface area (Å²) in [5, 5.41) is 0. The van der Waals surface area contributed by atoms with Crippen molar-refractivity contribution in [1.29, 1.82) is 0 Å². The average Bonchev–Trinajstić information content (AvgIpc) is 1.85. The molecule has 0 aliphatic carbocycles. The van der Waals surface area contributed by atoms with Crippen LogP contribution in [0.4, 0.5) is 0 Å². The molecule has 0 aromatic rings. The SMILES string of the molecule is CCCCC[CH2][Na].O=P(O)(O)O. The van der Waals surface area contributed by atoms with Crippen LogP contribution in [0, 0.1) is 0 Å². The zero-order valence-corrected chi connectivity index (χ0v) is 10.6. The quantitative estimate of drug-likeness (QED) is 0.367. The van der Waals surface area contributed by atoms with Gasteiger partial charge in [-0.2, -0.15) is 0 Å². The molecule has 0 saturated heterocycles. The molecule has 0 spiro atoms. The fourth-order valence-electron chi connectivity index (χ4n) is 0.677. The Morgan fingerprint density at radius 3 is 1.83 bits per heavy atom.